The first-order valence-electron chi connectivity index (χ1n) is 9.60. The summed E-state index contributed by atoms with van der Waals surface area (Å²) in [4.78, 5) is 26.8. The number of ketones is 1. The Morgan fingerprint density at radius 2 is 1.47 bits per heavy atom. The molecule has 1 aliphatic rings. The number of ether oxygens (including phenoxy) is 1. The van der Waals surface area contributed by atoms with Gasteiger partial charge in [0.2, 0.25) is 11.4 Å². The molecule has 0 amide bonds. The predicted molar refractivity (Wildman–Crippen MR) is 112 cm³/mol. The van der Waals surface area contributed by atoms with Crippen molar-refractivity contribution < 1.29 is 19.1 Å². The molecular formula is C25H18O5. The van der Waals surface area contributed by atoms with Crippen molar-refractivity contribution in [2.45, 2.75) is 18.1 Å². The van der Waals surface area contributed by atoms with Crippen molar-refractivity contribution in [3.63, 3.8) is 0 Å². The highest BCUT2D eigenvalue weighted by atomic mass is 16.5. The van der Waals surface area contributed by atoms with E-state index in [1.54, 1.807) is 78.9 Å². The van der Waals surface area contributed by atoms with Crippen LogP contribution in [0.4, 0.5) is 0 Å². The maximum atomic E-state index is 13.9. The van der Waals surface area contributed by atoms with Crippen LogP contribution in [0.2, 0.25) is 0 Å². The zero-order chi connectivity index (χ0) is 20.9. The van der Waals surface area contributed by atoms with E-state index in [2.05, 4.69) is 0 Å². The zero-order valence-electron chi connectivity index (χ0n) is 16.2. The first kappa shape index (κ1) is 18.3. The Morgan fingerprint density at radius 1 is 0.867 bits per heavy atom. The lowest BCUT2D eigenvalue weighted by molar-refractivity contribution is -0.0839. The van der Waals surface area contributed by atoms with Crippen LogP contribution in [-0.4, -0.2) is 10.9 Å². The Bertz CT molecular complexity index is 1320. The van der Waals surface area contributed by atoms with Gasteiger partial charge in [-0.1, -0.05) is 72.8 Å². The monoisotopic (exact) mass is 398 g/mol. The van der Waals surface area contributed by atoms with Gasteiger partial charge in [0.25, 0.3) is 0 Å². The van der Waals surface area contributed by atoms with Gasteiger partial charge < -0.3 is 14.3 Å². The van der Waals surface area contributed by atoms with Crippen molar-refractivity contribution >= 4 is 16.8 Å². The van der Waals surface area contributed by atoms with Gasteiger partial charge in [-0.15, -0.1) is 0 Å². The first-order valence-corrected chi connectivity index (χ1v) is 9.60. The van der Waals surface area contributed by atoms with E-state index in [1.807, 2.05) is 6.07 Å². The maximum absolute atomic E-state index is 13.9. The van der Waals surface area contributed by atoms with Crippen LogP contribution in [0.25, 0.3) is 11.0 Å². The molecule has 3 aromatic carbocycles. The number of benzene rings is 3. The molecule has 0 saturated heterocycles. The number of carbonyl (C=O) groups is 1. The summed E-state index contributed by atoms with van der Waals surface area (Å²) in [7, 11) is 0. The third-order valence-corrected chi connectivity index (χ3v) is 5.73. The van der Waals surface area contributed by atoms with Crippen molar-refractivity contribution in [3.05, 3.63) is 112 Å². The molecule has 0 aliphatic carbocycles. The predicted octanol–water partition coefficient (Wildman–Crippen LogP) is 4.17. The minimum Gasteiger partial charge on any atom is -0.469 e. The summed E-state index contributed by atoms with van der Waals surface area (Å²) in [6.45, 7) is 1.43. The van der Waals surface area contributed by atoms with Gasteiger partial charge in [0.15, 0.2) is 0 Å². The van der Waals surface area contributed by atoms with E-state index in [4.69, 9.17) is 9.15 Å². The second-order valence-corrected chi connectivity index (χ2v) is 7.51. The molecule has 0 fully saturated rings. The summed E-state index contributed by atoms with van der Waals surface area (Å²) in [6.07, 6.45) is 0. The summed E-state index contributed by atoms with van der Waals surface area (Å²) in [5.41, 5.74) is -3.47. The third kappa shape index (κ3) is 2.33. The number of hydrogen-bond acceptors (Lipinski definition) is 5. The number of aliphatic hydroxyl groups is 1. The summed E-state index contributed by atoms with van der Waals surface area (Å²) in [5, 5.41) is 12.3. The fourth-order valence-corrected chi connectivity index (χ4v) is 4.28. The first-order chi connectivity index (χ1) is 14.5. The highest BCUT2D eigenvalue weighted by molar-refractivity contribution is 6.05. The van der Waals surface area contributed by atoms with Gasteiger partial charge in [-0.25, -0.2) is 4.79 Å². The largest absolute Gasteiger partial charge is 0.469 e. The summed E-state index contributed by atoms with van der Waals surface area (Å²) in [5.74, 6) is -0.279. The lowest BCUT2D eigenvalue weighted by Crippen LogP contribution is -2.54. The molecule has 1 aromatic heterocycles. The molecule has 0 spiro atoms. The molecule has 2 atom stereocenters. The van der Waals surface area contributed by atoms with E-state index in [9.17, 15) is 14.7 Å². The number of carbonyl (C=O) groups excluding carboxylic acids is 1. The summed E-state index contributed by atoms with van der Waals surface area (Å²) >= 11 is 0. The highest BCUT2D eigenvalue weighted by Gasteiger charge is 2.65. The van der Waals surface area contributed by atoms with Gasteiger partial charge >= 0.3 is 5.63 Å². The quantitative estimate of drug-likeness (QED) is 0.414. The Labute approximate surface area is 172 Å². The van der Waals surface area contributed by atoms with Crippen LogP contribution in [0.15, 0.2) is 94.1 Å². The molecule has 1 aliphatic heterocycles. The van der Waals surface area contributed by atoms with Gasteiger partial charge in [-0.05, 0) is 19.1 Å². The molecule has 148 valence electrons. The minimum absolute atomic E-state index is 0.0608. The average Bonchev–Trinajstić information content (AvgIpc) is 3.03. The van der Waals surface area contributed by atoms with Gasteiger partial charge in [-0.2, -0.15) is 0 Å². The Kier molecular flexibility index (Phi) is 3.91. The molecular weight excluding hydrogens is 380 g/mol. The average molecular weight is 398 g/mol. The Hall–Kier alpha value is -3.70. The second kappa shape index (κ2) is 6.40. The number of Topliss-reactive ketones (excluding diaryl/α,β-unsaturated/α-hetero) is 1. The number of hydrogen-bond donors (Lipinski definition) is 1. The lowest BCUT2D eigenvalue weighted by Gasteiger charge is -2.37. The fraction of sp³-hybridized carbons (Fsp3) is 0.120. The van der Waals surface area contributed by atoms with Crippen LogP contribution < -0.4 is 10.4 Å². The van der Waals surface area contributed by atoms with Gasteiger partial charge in [0.05, 0.1) is 5.39 Å². The molecule has 0 saturated carbocycles. The van der Waals surface area contributed by atoms with Crippen molar-refractivity contribution in [1.29, 1.82) is 0 Å². The number of para-hydroxylation sites is 1. The highest BCUT2D eigenvalue weighted by Crippen LogP contribution is 2.55. The molecule has 30 heavy (non-hydrogen) atoms. The molecule has 5 rings (SSSR count). The van der Waals surface area contributed by atoms with Crippen LogP contribution in [0.3, 0.4) is 0 Å². The van der Waals surface area contributed by atoms with Crippen LogP contribution in [0, 0.1) is 0 Å². The smallest absolute Gasteiger partial charge is 0.346 e. The van der Waals surface area contributed by atoms with Gasteiger partial charge in [0, 0.05) is 11.1 Å². The van der Waals surface area contributed by atoms with E-state index in [1.165, 1.54) is 6.92 Å². The molecule has 2 heterocycles. The molecule has 4 aromatic rings. The van der Waals surface area contributed by atoms with Crippen molar-refractivity contribution in [2.75, 3.05) is 0 Å². The fourth-order valence-electron chi connectivity index (χ4n) is 4.28. The molecule has 0 radical (unpaired) electrons. The minimum atomic E-state index is -1.97. The van der Waals surface area contributed by atoms with Crippen LogP contribution >= 0.6 is 0 Å². The van der Waals surface area contributed by atoms with E-state index < -0.39 is 22.6 Å². The molecule has 5 heteroatoms. The van der Waals surface area contributed by atoms with Crippen LogP contribution in [-0.2, 0) is 11.2 Å². The molecule has 2 unspecified atom stereocenters. The Morgan fingerprint density at radius 3 is 2.17 bits per heavy atom. The lowest BCUT2D eigenvalue weighted by atomic mass is 9.72. The SMILES string of the molecule is CC1(O)c2c(c3ccccc3oc2=O)OC1(C(=O)c1ccccc1)c1ccccc1. The van der Waals surface area contributed by atoms with E-state index in [0.29, 0.717) is 22.1 Å². The van der Waals surface area contributed by atoms with E-state index in [-0.39, 0.29) is 11.3 Å². The van der Waals surface area contributed by atoms with Gasteiger partial charge in [-0.3, -0.25) is 4.79 Å². The maximum Gasteiger partial charge on any atom is 0.346 e. The van der Waals surface area contributed by atoms with E-state index >= 15 is 0 Å². The number of fused-ring (bicyclic) bond motifs is 3. The normalized spacial score (nSPS) is 22.5. The van der Waals surface area contributed by atoms with Gasteiger partial charge in [0.1, 0.15) is 22.5 Å². The summed E-state index contributed by atoms with van der Waals surface area (Å²) in [6, 6.07) is 24.3. The number of rotatable bonds is 3. The second-order valence-electron chi connectivity index (χ2n) is 7.51. The topological polar surface area (TPSA) is 76.7 Å². The zero-order valence-corrected chi connectivity index (χ0v) is 16.2. The van der Waals surface area contributed by atoms with Crippen LogP contribution in [0.5, 0.6) is 5.75 Å². The van der Waals surface area contributed by atoms with E-state index in [0.717, 1.165) is 0 Å². The van der Waals surface area contributed by atoms with Crippen molar-refractivity contribution in [2.24, 2.45) is 0 Å². The molecule has 5 nitrogen and oxygen atoms in total. The van der Waals surface area contributed by atoms with Crippen molar-refractivity contribution in [3.8, 4) is 5.75 Å². The van der Waals surface area contributed by atoms with Crippen LogP contribution in [0.1, 0.15) is 28.4 Å². The molecule has 1 N–H and O–H groups in total. The standard InChI is InChI=1S/C25H18O5/c1-24(28)20-21(18-14-8-9-15-19(18)29-23(20)27)30-25(24,17-12-6-3-7-13-17)22(26)16-10-4-2-5-11-16/h2-15,28H,1H3. The Balaban J connectivity index is 1.86. The molecule has 0 bridgehead atoms. The summed E-state index contributed by atoms with van der Waals surface area (Å²) < 4.78 is 11.8. The van der Waals surface area contributed by atoms with Crippen molar-refractivity contribution in [1.82, 2.24) is 0 Å². The third-order valence-electron chi connectivity index (χ3n) is 5.73.